The number of methoxy groups -OCH3 is 1. The lowest BCUT2D eigenvalue weighted by Gasteiger charge is -2.28. The maximum Gasteiger partial charge on any atom is 0.165 e. The van der Waals surface area contributed by atoms with Crippen LogP contribution in [0.3, 0.4) is 0 Å². The van der Waals surface area contributed by atoms with Gasteiger partial charge in [0.05, 0.1) is 7.11 Å². The van der Waals surface area contributed by atoms with Crippen molar-refractivity contribution in [2.75, 3.05) is 17.8 Å². The Morgan fingerprint density at radius 1 is 1.29 bits per heavy atom. The van der Waals surface area contributed by atoms with Crippen molar-refractivity contribution in [2.45, 2.75) is 19.8 Å². The molecule has 17 heavy (non-hydrogen) atoms. The van der Waals surface area contributed by atoms with Gasteiger partial charge in [-0.1, -0.05) is 44.8 Å². The molecule has 0 heterocycles. The minimum atomic E-state index is -0.292. The van der Waals surface area contributed by atoms with Gasteiger partial charge in [0, 0.05) is 10.7 Å². The van der Waals surface area contributed by atoms with E-state index in [0.29, 0.717) is 5.75 Å². The van der Waals surface area contributed by atoms with E-state index in [1.807, 2.05) is 6.07 Å². The summed E-state index contributed by atoms with van der Waals surface area (Å²) in [5, 5.41) is 1.80. The summed E-state index contributed by atoms with van der Waals surface area (Å²) in [5.41, 5.74) is 1.14. The number of hydrogen-bond acceptors (Lipinski definition) is 1. The number of ether oxygens (including phenoxy) is 1. The second-order valence-corrected chi connectivity index (χ2v) is 5.39. The monoisotopic (exact) mass is 366 g/mol. The van der Waals surface area contributed by atoms with Gasteiger partial charge in [-0.15, -0.1) is 0 Å². The molecule has 1 rings (SSSR count). The SMILES string of the molecule is CCC(CBr)(CBr)Cc1ccc(OC)c(F)c1. The molecule has 0 aliphatic heterocycles. The van der Waals surface area contributed by atoms with Gasteiger partial charge in [0.1, 0.15) is 0 Å². The highest BCUT2D eigenvalue weighted by Crippen LogP contribution is 2.32. The maximum absolute atomic E-state index is 13.6. The molecule has 96 valence electrons. The highest BCUT2D eigenvalue weighted by Gasteiger charge is 2.26. The summed E-state index contributed by atoms with van der Waals surface area (Å²) in [7, 11) is 1.48. The molecule has 0 atom stereocenters. The van der Waals surface area contributed by atoms with Crippen molar-refractivity contribution < 1.29 is 9.13 Å². The predicted molar refractivity (Wildman–Crippen MR) is 77.0 cm³/mol. The van der Waals surface area contributed by atoms with E-state index in [4.69, 9.17) is 4.74 Å². The average Bonchev–Trinajstić information content (AvgIpc) is 2.36. The Kier molecular flexibility index (Phi) is 5.93. The molecule has 0 aromatic heterocycles. The molecule has 0 spiro atoms. The summed E-state index contributed by atoms with van der Waals surface area (Å²) in [4.78, 5) is 0. The van der Waals surface area contributed by atoms with E-state index in [-0.39, 0.29) is 11.2 Å². The molecule has 0 N–H and O–H groups in total. The fraction of sp³-hybridized carbons (Fsp3) is 0.538. The molecule has 0 aliphatic carbocycles. The second-order valence-electron chi connectivity index (χ2n) is 4.27. The number of alkyl halides is 2. The van der Waals surface area contributed by atoms with Gasteiger partial charge in [0.2, 0.25) is 0 Å². The summed E-state index contributed by atoms with van der Waals surface area (Å²) >= 11 is 7.10. The lowest BCUT2D eigenvalue weighted by atomic mass is 9.83. The number of rotatable bonds is 6. The Hall–Kier alpha value is -0.0900. The summed E-state index contributed by atoms with van der Waals surface area (Å²) in [5.74, 6) is 0.00711. The van der Waals surface area contributed by atoms with Crippen LogP contribution in [0.2, 0.25) is 0 Å². The molecule has 0 amide bonds. The fourth-order valence-corrected chi connectivity index (χ4v) is 3.82. The van der Waals surface area contributed by atoms with Crippen LogP contribution < -0.4 is 4.74 Å². The fourth-order valence-electron chi connectivity index (χ4n) is 1.70. The summed E-state index contributed by atoms with van der Waals surface area (Å²) < 4.78 is 18.5. The zero-order valence-corrected chi connectivity index (χ0v) is 13.3. The standard InChI is InChI=1S/C13H17Br2FO/c1-3-13(8-14,9-15)7-10-4-5-12(17-2)11(16)6-10/h4-6H,3,7-9H2,1-2H3. The van der Waals surface area contributed by atoms with Crippen molar-refractivity contribution in [3.63, 3.8) is 0 Å². The van der Waals surface area contributed by atoms with Crippen molar-refractivity contribution in [2.24, 2.45) is 5.41 Å². The molecule has 0 radical (unpaired) electrons. The zero-order chi connectivity index (χ0) is 12.9. The minimum absolute atomic E-state index is 0.140. The number of benzene rings is 1. The Bertz CT molecular complexity index is 356. The van der Waals surface area contributed by atoms with Crippen molar-refractivity contribution in [3.05, 3.63) is 29.6 Å². The highest BCUT2D eigenvalue weighted by atomic mass is 79.9. The van der Waals surface area contributed by atoms with E-state index in [9.17, 15) is 4.39 Å². The molecular weight excluding hydrogens is 351 g/mol. The van der Waals surface area contributed by atoms with Crippen LogP contribution >= 0.6 is 31.9 Å². The van der Waals surface area contributed by atoms with Gasteiger partial charge in [0.25, 0.3) is 0 Å². The first-order chi connectivity index (χ1) is 8.10. The van der Waals surface area contributed by atoms with E-state index in [1.54, 1.807) is 12.1 Å². The first-order valence-electron chi connectivity index (χ1n) is 5.55. The first kappa shape index (κ1) is 15.0. The third-order valence-electron chi connectivity index (χ3n) is 3.11. The molecule has 1 aromatic carbocycles. The third-order valence-corrected chi connectivity index (χ3v) is 5.49. The van der Waals surface area contributed by atoms with Crippen LogP contribution in [0.5, 0.6) is 5.75 Å². The van der Waals surface area contributed by atoms with Crippen LogP contribution in [-0.2, 0) is 6.42 Å². The topological polar surface area (TPSA) is 9.23 Å². The smallest absolute Gasteiger partial charge is 0.165 e. The first-order valence-corrected chi connectivity index (χ1v) is 7.79. The van der Waals surface area contributed by atoms with E-state index >= 15 is 0 Å². The molecule has 1 nitrogen and oxygen atoms in total. The van der Waals surface area contributed by atoms with E-state index in [1.165, 1.54) is 7.11 Å². The van der Waals surface area contributed by atoms with Crippen LogP contribution in [0.25, 0.3) is 0 Å². The van der Waals surface area contributed by atoms with Crippen molar-refractivity contribution >= 4 is 31.9 Å². The predicted octanol–water partition coefficient (Wildman–Crippen LogP) is 4.56. The summed E-state index contributed by atoms with van der Waals surface area (Å²) in [6.07, 6.45) is 1.89. The third kappa shape index (κ3) is 3.68. The largest absolute Gasteiger partial charge is 0.494 e. The molecule has 1 aromatic rings. The van der Waals surface area contributed by atoms with Crippen molar-refractivity contribution in [3.8, 4) is 5.75 Å². The molecule has 0 bridgehead atoms. The van der Waals surface area contributed by atoms with E-state index in [2.05, 4.69) is 38.8 Å². The quantitative estimate of drug-likeness (QED) is 0.669. The molecule has 0 unspecified atom stereocenters. The van der Waals surface area contributed by atoms with Crippen molar-refractivity contribution in [1.82, 2.24) is 0 Å². The normalized spacial score (nSPS) is 11.6. The van der Waals surface area contributed by atoms with Crippen LogP contribution in [0.4, 0.5) is 4.39 Å². The summed E-state index contributed by atoms with van der Waals surface area (Å²) in [6.45, 7) is 2.16. The lowest BCUT2D eigenvalue weighted by molar-refractivity contribution is 0.368. The Morgan fingerprint density at radius 2 is 1.94 bits per heavy atom. The van der Waals surface area contributed by atoms with Gasteiger partial charge >= 0.3 is 0 Å². The molecule has 0 aliphatic rings. The van der Waals surface area contributed by atoms with E-state index < -0.39 is 0 Å². The van der Waals surface area contributed by atoms with Gasteiger partial charge in [-0.3, -0.25) is 0 Å². The molecule has 0 saturated heterocycles. The van der Waals surface area contributed by atoms with Crippen LogP contribution in [0.1, 0.15) is 18.9 Å². The maximum atomic E-state index is 13.6. The van der Waals surface area contributed by atoms with Gasteiger partial charge in [-0.05, 0) is 36.0 Å². The Labute approximate surface area is 119 Å². The van der Waals surface area contributed by atoms with Crippen LogP contribution in [-0.4, -0.2) is 17.8 Å². The number of halogens is 3. The highest BCUT2D eigenvalue weighted by molar-refractivity contribution is 9.09. The number of hydrogen-bond donors (Lipinski definition) is 0. The second kappa shape index (κ2) is 6.74. The summed E-state index contributed by atoms with van der Waals surface area (Å²) in [6, 6.07) is 5.18. The molecule has 4 heteroatoms. The Balaban J connectivity index is 2.90. The molecule has 0 fully saturated rings. The zero-order valence-electron chi connectivity index (χ0n) is 10.1. The average molecular weight is 368 g/mol. The Morgan fingerprint density at radius 3 is 2.35 bits per heavy atom. The van der Waals surface area contributed by atoms with E-state index in [0.717, 1.165) is 29.1 Å². The van der Waals surface area contributed by atoms with Gasteiger partial charge in [-0.2, -0.15) is 0 Å². The van der Waals surface area contributed by atoms with Gasteiger partial charge in [0.15, 0.2) is 11.6 Å². The van der Waals surface area contributed by atoms with Crippen LogP contribution in [0, 0.1) is 11.2 Å². The molecule has 0 saturated carbocycles. The van der Waals surface area contributed by atoms with Gasteiger partial charge in [-0.25, -0.2) is 4.39 Å². The van der Waals surface area contributed by atoms with Crippen LogP contribution in [0.15, 0.2) is 18.2 Å². The van der Waals surface area contributed by atoms with Crippen molar-refractivity contribution in [1.29, 1.82) is 0 Å². The minimum Gasteiger partial charge on any atom is -0.494 e. The molecular formula is C13H17Br2FO. The lowest BCUT2D eigenvalue weighted by Crippen LogP contribution is -2.26. The van der Waals surface area contributed by atoms with Gasteiger partial charge < -0.3 is 4.74 Å².